The van der Waals surface area contributed by atoms with Gasteiger partial charge in [0.25, 0.3) is 0 Å². The summed E-state index contributed by atoms with van der Waals surface area (Å²) in [5.41, 5.74) is 3.03. The Balaban J connectivity index is 2.24. The lowest BCUT2D eigenvalue weighted by Crippen LogP contribution is -2.15. The smallest absolute Gasteiger partial charge is 0.0759 e. The largest absolute Gasteiger partial charge is 0.394 e. The van der Waals surface area contributed by atoms with Gasteiger partial charge in [0.05, 0.1) is 12.6 Å². The number of benzene rings is 2. The van der Waals surface area contributed by atoms with E-state index in [1.807, 2.05) is 49.4 Å². The molecule has 2 rings (SSSR count). The Hall–Kier alpha value is -1.03. The van der Waals surface area contributed by atoms with Crippen LogP contribution in [-0.2, 0) is 0 Å². The van der Waals surface area contributed by atoms with Gasteiger partial charge in [0, 0.05) is 15.2 Å². The van der Waals surface area contributed by atoms with Crippen LogP contribution < -0.4 is 5.32 Å². The fraction of sp³-hybridized carbons (Fsp3) is 0.200. The van der Waals surface area contributed by atoms with E-state index < -0.39 is 0 Å². The summed E-state index contributed by atoms with van der Waals surface area (Å²) < 4.78 is 0.941. The zero-order valence-corrected chi connectivity index (χ0v) is 12.9. The molecular formula is C15H15BrClNO. The molecule has 2 N–H and O–H groups in total. The summed E-state index contributed by atoms with van der Waals surface area (Å²) in [7, 11) is 0. The van der Waals surface area contributed by atoms with Gasteiger partial charge in [-0.15, -0.1) is 0 Å². The maximum Gasteiger partial charge on any atom is 0.0759 e. The predicted molar refractivity (Wildman–Crippen MR) is 83.8 cm³/mol. The SMILES string of the molecule is Cc1ccc(NC(CO)c2cc(Br)ccc2Cl)cc1. The molecule has 1 atom stereocenters. The molecule has 2 aromatic carbocycles. The summed E-state index contributed by atoms with van der Waals surface area (Å²) in [5, 5.41) is 13.5. The lowest BCUT2D eigenvalue weighted by molar-refractivity contribution is 0.276. The highest BCUT2D eigenvalue weighted by atomic mass is 79.9. The molecule has 0 aliphatic heterocycles. The quantitative estimate of drug-likeness (QED) is 0.855. The predicted octanol–water partition coefficient (Wildman–Crippen LogP) is 4.56. The van der Waals surface area contributed by atoms with Gasteiger partial charge in [0.2, 0.25) is 0 Å². The first-order chi connectivity index (χ1) is 9.10. The van der Waals surface area contributed by atoms with Crippen molar-refractivity contribution in [1.29, 1.82) is 0 Å². The molecule has 0 radical (unpaired) electrons. The zero-order valence-electron chi connectivity index (χ0n) is 10.5. The summed E-state index contributed by atoms with van der Waals surface area (Å²) in [5.74, 6) is 0. The number of aliphatic hydroxyl groups excluding tert-OH is 1. The molecule has 0 aliphatic rings. The molecule has 0 spiro atoms. The number of rotatable bonds is 4. The van der Waals surface area contributed by atoms with Gasteiger partial charge in [0.1, 0.15) is 0 Å². The van der Waals surface area contributed by atoms with E-state index in [4.69, 9.17) is 11.6 Å². The fourth-order valence-electron chi connectivity index (χ4n) is 1.85. The minimum absolute atomic E-state index is 0.0238. The van der Waals surface area contributed by atoms with Crippen LogP contribution in [0.15, 0.2) is 46.9 Å². The third-order valence-corrected chi connectivity index (χ3v) is 3.75. The van der Waals surface area contributed by atoms with Crippen molar-refractivity contribution < 1.29 is 5.11 Å². The Morgan fingerprint density at radius 2 is 1.89 bits per heavy atom. The first kappa shape index (κ1) is 14.4. The van der Waals surface area contributed by atoms with E-state index in [0.29, 0.717) is 5.02 Å². The summed E-state index contributed by atoms with van der Waals surface area (Å²) in [6, 6.07) is 13.4. The maximum atomic E-state index is 9.57. The minimum Gasteiger partial charge on any atom is -0.394 e. The van der Waals surface area contributed by atoms with Crippen LogP contribution in [0.2, 0.25) is 5.02 Å². The molecule has 1 unspecified atom stereocenters. The van der Waals surface area contributed by atoms with Crippen LogP contribution in [0.4, 0.5) is 5.69 Å². The van der Waals surface area contributed by atoms with Crippen molar-refractivity contribution >= 4 is 33.2 Å². The number of aliphatic hydroxyl groups is 1. The van der Waals surface area contributed by atoms with Gasteiger partial charge in [0.15, 0.2) is 0 Å². The number of aryl methyl sites for hydroxylation is 1. The average Bonchev–Trinajstić information content (AvgIpc) is 2.41. The maximum absolute atomic E-state index is 9.57. The second-order valence-electron chi connectivity index (χ2n) is 4.41. The molecular weight excluding hydrogens is 326 g/mol. The molecule has 0 saturated carbocycles. The number of nitrogens with one attached hydrogen (secondary N) is 1. The van der Waals surface area contributed by atoms with Crippen molar-refractivity contribution in [3.05, 3.63) is 63.1 Å². The Kier molecular flexibility index (Phi) is 4.86. The molecule has 0 amide bonds. The molecule has 4 heteroatoms. The summed E-state index contributed by atoms with van der Waals surface area (Å²) in [6.45, 7) is 2.02. The van der Waals surface area contributed by atoms with E-state index in [-0.39, 0.29) is 12.6 Å². The monoisotopic (exact) mass is 339 g/mol. The molecule has 0 heterocycles. The highest BCUT2D eigenvalue weighted by molar-refractivity contribution is 9.10. The van der Waals surface area contributed by atoms with Gasteiger partial charge >= 0.3 is 0 Å². The number of halogens is 2. The molecule has 19 heavy (non-hydrogen) atoms. The molecule has 0 saturated heterocycles. The van der Waals surface area contributed by atoms with Crippen molar-refractivity contribution in [2.75, 3.05) is 11.9 Å². The number of hydrogen-bond donors (Lipinski definition) is 2. The van der Waals surface area contributed by atoms with Crippen LogP contribution in [0.1, 0.15) is 17.2 Å². The molecule has 2 nitrogen and oxygen atoms in total. The Morgan fingerprint density at radius 3 is 2.53 bits per heavy atom. The average molecular weight is 341 g/mol. The topological polar surface area (TPSA) is 32.3 Å². The van der Waals surface area contributed by atoms with Gasteiger partial charge < -0.3 is 10.4 Å². The van der Waals surface area contributed by atoms with Crippen molar-refractivity contribution in [3.63, 3.8) is 0 Å². The second kappa shape index (κ2) is 6.42. The lowest BCUT2D eigenvalue weighted by atomic mass is 10.1. The fourth-order valence-corrected chi connectivity index (χ4v) is 2.48. The van der Waals surface area contributed by atoms with Crippen LogP contribution in [0.5, 0.6) is 0 Å². The second-order valence-corrected chi connectivity index (χ2v) is 5.73. The first-order valence-corrected chi connectivity index (χ1v) is 7.16. The van der Waals surface area contributed by atoms with Crippen LogP contribution in [-0.4, -0.2) is 11.7 Å². The van der Waals surface area contributed by atoms with Gasteiger partial charge in [-0.1, -0.05) is 45.2 Å². The Labute approximate surface area is 126 Å². The third kappa shape index (κ3) is 3.72. The normalized spacial score (nSPS) is 12.2. The van der Waals surface area contributed by atoms with E-state index in [1.54, 1.807) is 0 Å². The molecule has 2 aromatic rings. The highest BCUT2D eigenvalue weighted by Gasteiger charge is 2.14. The van der Waals surface area contributed by atoms with E-state index in [1.165, 1.54) is 5.56 Å². The minimum atomic E-state index is -0.229. The molecule has 0 bridgehead atoms. The van der Waals surface area contributed by atoms with Gasteiger partial charge in [-0.25, -0.2) is 0 Å². The van der Waals surface area contributed by atoms with E-state index in [2.05, 4.69) is 21.2 Å². The van der Waals surface area contributed by atoms with Crippen LogP contribution in [0, 0.1) is 6.92 Å². The van der Waals surface area contributed by atoms with Gasteiger partial charge in [-0.05, 0) is 42.8 Å². The standard InChI is InChI=1S/C15H15BrClNO/c1-10-2-5-12(6-3-10)18-15(9-19)13-8-11(16)4-7-14(13)17/h2-8,15,18-19H,9H2,1H3. The van der Waals surface area contributed by atoms with Crippen molar-refractivity contribution in [2.45, 2.75) is 13.0 Å². The Morgan fingerprint density at radius 1 is 1.21 bits per heavy atom. The Bertz CT molecular complexity index is 557. The molecule has 100 valence electrons. The van der Waals surface area contributed by atoms with Crippen molar-refractivity contribution in [3.8, 4) is 0 Å². The summed E-state index contributed by atoms with van der Waals surface area (Å²) >= 11 is 9.61. The molecule has 0 fully saturated rings. The van der Waals surface area contributed by atoms with Crippen LogP contribution >= 0.6 is 27.5 Å². The summed E-state index contributed by atoms with van der Waals surface area (Å²) in [6.07, 6.45) is 0. The van der Waals surface area contributed by atoms with Gasteiger partial charge in [-0.2, -0.15) is 0 Å². The number of anilines is 1. The van der Waals surface area contributed by atoms with Gasteiger partial charge in [-0.3, -0.25) is 0 Å². The lowest BCUT2D eigenvalue weighted by Gasteiger charge is -2.19. The van der Waals surface area contributed by atoms with Crippen LogP contribution in [0.3, 0.4) is 0 Å². The van der Waals surface area contributed by atoms with E-state index >= 15 is 0 Å². The van der Waals surface area contributed by atoms with Crippen molar-refractivity contribution in [2.24, 2.45) is 0 Å². The van der Waals surface area contributed by atoms with Crippen molar-refractivity contribution in [1.82, 2.24) is 0 Å². The third-order valence-electron chi connectivity index (χ3n) is 2.91. The zero-order chi connectivity index (χ0) is 13.8. The summed E-state index contributed by atoms with van der Waals surface area (Å²) in [4.78, 5) is 0. The molecule has 0 aliphatic carbocycles. The first-order valence-electron chi connectivity index (χ1n) is 5.99. The van der Waals surface area contributed by atoms with Crippen LogP contribution in [0.25, 0.3) is 0 Å². The highest BCUT2D eigenvalue weighted by Crippen LogP contribution is 2.28. The van der Waals surface area contributed by atoms with E-state index in [0.717, 1.165) is 15.7 Å². The van der Waals surface area contributed by atoms with E-state index in [9.17, 15) is 5.11 Å². The number of hydrogen-bond acceptors (Lipinski definition) is 2. The molecule has 0 aromatic heterocycles.